The number of rotatable bonds is 6. The maximum Gasteiger partial charge on any atom is 0.0743 e. The van der Waals surface area contributed by atoms with Gasteiger partial charge < -0.3 is 15.8 Å². The van der Waals surface area contributed by atoms with Gasteiger partial charge in [-0.1, -0.05) is 18.2 Å². The molecule has 0 aliphatic rings. The standard InChI is InChI=1S/C14H19N3O/c1-2-18-9-5-8-16-14-11-6-3-4-7-13(11)17-10-12(14)15/h3-4,6-7,10H,2,5,8-9,15H2,1H3,(H,16,17). The Morgan fingerprint density at radius 2 is 2.17 bits per heavy atom. The Morgan fingerprint density at radius 1 is 1.33 bits per heavy atom. The van der Waals surface area contributed by atoms with Crippen LogP contribution in [0, 0.1) is 0 Å². The summed E-state index contributed by atoms with van der Waals surface area (Å²) in [5.41, 5.74) is 8.58. The lowest BCUT2D eigenvalue weighted by Crippen LogP contribution is -2.08. The molecule has 0 saturated carbocycles. The van der Waals surface area contributed by atoms with Crippen molar-refractivity contribution < 1.29 is 4.74 Å². The van der Waals surface area contributed by atoms with E-state index in [4.69, 9.17) is 10.5 Å². The molecule has 4 nitrogen and oxygen atoms in total. The molecule has 0 aliphatic heterocycles. The SMILES string of the molecule is CCOCCCNc1c(N)cnc2ccccc12. The van der Waals surface area contributed by atoms with Crippen LogP contribution in [0.4, 0.5) is 11.4 Å². The number of hydrogen-bond acceptors (Lipinski definition) is 4. The number of ether oxygens (including phenoxy) is 1. The van der Waals surface area contributed by atoms with Crippen molar-refractivity contribution in [2.45, 2.75) is 13.3 Å². The topological polar surface area (TPSA) is 60.2 Å². The molecule has 0 aliphatic carbocycles. The van der Waals surface area contributed by atoms with Gasteiger partial charge in [-0.15, -0.1) is 0 Å². The van der Waals surface area contributed by atoms with Gasteiger partial charge in [0.05, 0.1) is 23.1 Å². The Balaban J connectivity index is 2.09. The third-order valence-corrected chi connectivity index (χ3v) is 2.78. The summed E-state index contributed by atoms with van der Waals surface area (Å²) in [5.74, 6) is 0. The van der Waals surface area contributed by atoms with Crippen molar-refractivity contribution in [3.05, 3.63) is 30.5 Å². The number of pyridine rings is 1. The zero-order chi connectivity index (χ0) is 12.8. The first kappa shape index (κ1) is 12.6. The van der Waals surface area contributed by atoms with Crippen molar-refractivity contribution >= 4 is 22.3 Å². The summed E-state index contributed by atoms with van der Waals surface area (Å²) in [6.45, 7) is 4.38. The second-order valence-corrected chi connectivity index (χ2v) is 4.08. The number of fused-ring (bicyclic) bond motifs is 1. The van der Waals surface area contributed by atoms with Crippen LogP contribution in [0.3, 0.4) is 0 Å². The minimum absolute atomic E-state index is 0.685. The van der Waals surface area contributed by atoms with E-state index in [1.165, 1.54) is 0 Å². The quantitative estimate of drug-likeness (QED) is 0.768. The van der Waals surface area contributed by atoms with Crippen LogP contribution in [0.25, 0.3) is 10.9 Å². The molecule has 1 heterocycles. The highest BCUT2D eigenvalue weighted by Crippen LogP contribution is 2.27. The monoisotopic (exact) mass is 245 g/mol. The van der Waals surface area contributed by atoms with Crippen molar-refractivity contribution in [3.63, 3.8) is 0 Å². The van der Waals surface area contributed by atoms with Gasteiger partial charge in [-0.2, -0.15) is 0 Å². The van der Waals surface area contributed by atoms with Crippen LogP contribution in [-0.2, 0) is 4.74 Å². The molecule has 1 aromatic carbocycles. The number of benzene rings is 1. The minimum Gasteiger partial charge on any atom is -0.396 e. The molecule has 96 valence electrons. The molecule has 0 amide bonds. The van der Waals surface area contributed by atoms with E-state index < -0.39 is 0 Å². The molecule has 18 heavy (non-hydrogen) atoms. The Hall–Kier alpha value is -1.81. The van der Waals surface area contributed by atoms with Crippen LogP contribution < -0.4 is 11.1 Å². The summed E-state index contributed by atoms with van der Waals surface area (Å²) in [6, 6.07) is 7.99. The van der Waals surface area contributed by atoms with E-state index in [1.807, 2.05) is 31.2 Å². The second kappa shape index (κ2) is 6.21. The van der Waals surface area contributed by atoms with Crippen LogP contribution in [0.1, 0.15) is 13.3 Å². The average molecular weight is 245 g/mol. The van der Waals surface area contributed by atoms with Crippen LogP contribution in [0.2, 0.25) is 0 Å². The first-order valence-electron chi connectivity index (χ1n) is 6.27. The van der Waals surface area contributed by atoms with Gasteiger partial charge in [0.25, 0.3) is 0 Å². The highest BCUT2D eigenvalue weighted by molar-refractivity contribution is 5.96. The Kier molecular flexibility index (Phi) is 4.36. The molecular weight excluding hydrogens is 226 g/mol. The molecule has 0 bridgehead atoms. The molecule has 4 heteroatoms. The van der Waals surface area contributed by atoms with Crippen molar-refractivity contribution in [2.75, 3.05) is 30.8 Å². The van der Waals surface area contributed by atoms with E-state index in [2.05, 4.69) is 10.3 Å². The summed E-state index contributed by atoms with van der Waals surface area (Å²) in [5, 5.41) is 4.43. The summed E-state index contributed by atoms with van der Waals surface area (Å²) >= 11 is 0. The van der Waals surface area contributed by atoms with Crippen molar-refractivity contribution in [2.24, 2.45) is 0 Å². The largest absolute Gasteiger partial charge is 0.396 e. The molecule has 2 aromatic rings. The Morgan fingerprint density at radius 3 is 3.00 bits per heavy atom. The van der Waals surface area contributed by atoms with E-state index in [-0.39, 0.29) is 0 Å². The fourth-order valence-corrected chi connectivity index (χ4v) is 1.89. The van der Waals surface area contributed by atoms with Gasteiger partial charge in [0.2, 0.25) is 0 Å². The summed E-state index contributed by atoms with van der Waals surface area (Å²) in [4.78, 5) is 4.31. The molecule has 1 aromatic heterocycles. The average Bonchev–Trinajstić information content (AvgIpc) is 2.41. The van der Waals surface area contributed by atoms with Crippen molar-refractivity contribution in [1.29, 1.82) is 0 Å². The lowest BCUT2D eigenvalue weighted by Gasteiger charge is -2.12. The first-order chi connectivity index (χ1) is 8.83. The maximum absolute atomic E-state index is 5.97. The molecule has 0 unspecified atom stereocenters. The van der Waals surface area contributed by atoms with Gasteiger partial charge in [-0.05, 0) is 19.4 Å². The van der Waals surface area contributed by atoms with E-state index >= 15 is 0 Å². The number of hydrogen-bond donors (Lipinski definition) is 2. The van der Waals surface area contributed by atoms with E-state index in [1.54, 1.807) is 6.20 Å². The van der Waals surface area contributed by atoms with Crippen LogP contribution >= 0.6 is 0 Å². The minimum atomic E-state index is 0.685. The van der Waals surface area contributed by atoms with Crippen LogP contribution in [-0.4, -0.2) is 24.7 Å². The predicted octanol–water partition coefficient (Wildman–Crippen LogP) is 2.66. The number of aromatic nitrogens is 1. The molecule has 2 rings (SSSR count). The highest BCUT2D eigenvalue weighted by Gasteiger charge is 2.05. The number of para-hydroxylation sites is 1. The van der Waals surface area contributed by atoms with Crippen molar-refractivity contribution in [3.8, 4) is 0 Å². The Labute approximate surface area is 107 Å². The number of nitrogens with two attached hydrogens (primary N) is 1. The molecule has 0 saturated heterocycles. The summed E-state index contributed by atoms with van der Waals surface area (Å²) in [6.07, 6.45) is 2.66. The summed E-state index contributed by atoms with van der Waals surface area (Å²) in [7, 11) is 0. The van der Waals surface area contributed by atoms with E-state index in [0.717, 1.165) is 42.8 Å². The summed E-state index contributed by atoms with van der Waals surface area (Å²) < 4.78 is 5.31. The smallest absolute Gasteiger partial charge is 0.0743 e. The molecular formula is C14H19N3O. The van der Waals surface area contributed by atoms with Crippen molar-refractivity contribution in [1.82, 2.24) is 4.98 Å². The van der Waals surface area contributed by atoms with Gasteiger partial charge in [-0.25, -0.2) is 0 Å². The lowest BCUT2D eigenvalue weighted by molar-refractivity contribution is 0.147. The maximum atomic E-state index is 5.97. The first-order valence-corrected chi connectivity index (χ1v) is 6.27. The van der Waals surface area contributed by atoms with Crippen LogP contribution in [0.5, 0.6) is 0 Å². The number of nitrogen functional groups attached to an aromatic ring is 1. The third-order valence-electron chi connectivity index (χ3n) is 2.78. The fraction of sp³-hybridized carbons (Fsp3) is 0.357. The molecule has 0 spiro atoms. The van der Waals surface area contributed by atoms with Gasteiger partial charge in [0.15, 0.2) is 0 Å². The van der Waals surface area contributed by atoms with Gasteiger partial charge in [-0.3, -0.25) is 4.98 Å². The van der Waals surface area contributed by atoms with E-state index in [0.29, 0.717) is 5.69 Å². The number of nitrogens with zero attached hydrogens (tertiary/aromatic N) is 1. The highest BCUT2D eigenvalue weighted by atomic mass is 16.5. The third kappa shape index (κ3) is 2.90. The zero-order valence-corrected chi connectivity index (χ0v) is 10.6. The van der Waals surface area contributed by atoms with E-state index in [9.17, 15) is 0 Å². The normalized spacial score (nSPS) is 10.7. The zero-order valence-electron chi connectivity index (χ0n) is 10.6. The predicted molar refractivity (Wildman–Crippen MR) is 75.8 cm³/mol. The van der Waals surface area contributed by atoms with Gasteiger partial charge >= 0.3 is 0 Å². The van der Waals surface area contributed by atoms with Gasteiger partial charge in [0, 0.05) is 25.1 Å². The lowest BCUT2D eigenvalue weighted by atomic mass is 10.1. The van der Waals surface area contributed by atoms with Gasteiger partial charge in [0.1, 0.15) is 0 Å². The molecule has 0 atom stereocenters. The molecule has 0 radical (unpaired) electrons. The molecule has 0 fully saturated rings. The second-order valence-electron chi connectivity index (χ2n) is 4.08. The van der Waals surface area contributed by atoms with Crippen LogP contribution in [0.15, 0.2) is 30.5 Å². The Bertz CT molecular complexity index is 513. The molecule has 3 N–H and O–H groups in total. The fourth-order valence-electron chi connectivity index (χ4n) is 1.89. The number of nitrogens with one attached hydrogen (secondary N) is 1. The number of anilines is 2.